The summed E-state index contributed by atoms with van der Waals surface area (Å²) in [7, 11) is 0. The molecule has 2 aliphatic heterocycles. The predicted octanol–water partition coefficient (Wildman–Crippen LogP) is -1.02. The Balaban J connectivity index is 1.92. The topological polar surface area (TPSA) is 58.6 Å². The third-order valence-corrected chi connectivity index (χ3v) is 2.63. The Morgan fingerprint density at radius 1 is 1.57 bits per heavy atom. The van der Waals surface area contributed by atoms with Crippen LogP contribution in [-0.2, 0) is 14.3 Å². The summed E-state index contributed by atoms with van der Waals surface area (Å²) in [5.74, 6) is -0.0261. The van der Waals surface area contributed by atoms with E-state index in [9.17, 15) is 9.59 Å². The van der Waals surface area contributed by atoms with Crippen molar-refractivity contribution in [1.82, 2.24) is 10.2 Å². The van der Waals surface area contributed by atoms with E-state index in [1.165, 1.54) is 0 Å². The highest BCUT2D eigenvalue weighted by Crippen LogP contribution is 2.15. The molecular formula is C9H14N2O3. The number of carbonyl (C=O) groups is 2. The Bertz CT molecular complexity index is 248. The number of piperazine rings is 1. The van der Waals surface area contributed by atoms with Crippen LogP contribution in [0.4, 0.5) is 0 Å². The largest absolute Gasteiger partial charge is 0.381 e. The summed E-state index contributed by atoms with van der Waals surface area (Å²) in [4.78, 5) is 24.5. The van der Waals surface area contributed by atoms with Crippen molar-refractivity contribution in [3.8, 4) is 0 Å². The van der Waals surface area contributed by atoms with Gasteiger partial charge in [-0.3, -0.25) is 9.59 Å². The molecule has 1 unspecified atom stereocenters. The number of ether oxygens (including phenoxy) is 1. The molecule has 1 N–H and O–H groups in total. The van der Waals surface area contributed by atoms with Crippen LogP contribution >= 0.6 is 0 Å². The Morgan fingerprint density at radius 2 is 2.43 bits per heavy atom. The molecule has 0 aromatic rings. The third-order valence-electron chi connectivity index (χ3n) is 2.63. The van der Waals surface area contributed by atoms with Crippen LogP contribution in [0.25, 0.3) is 0 Å². The minimum absolute atomic E-state index is 0.0269. The zero-order valence-electron chi connectivity index (χ0n) is 7.99. The van der Waals surface area contributed by atoms with E-state index in [1.54, 1.807) is 4.90 Å². The molecule has 2 heterocycles. The van der Waals surface area contributed by atoms with E-state index in [-0.39, 0.29) is 24.3 Å². The highest BCUT2D eigenvalue weighted by molar-refractivity contribution is 5.87. The molecule has 2 rings (SSSR count). The van der Waals surface area contributed by atoms with Crippen molar-refractivity contribution in [3.63, 3.8) is 0 Å². The molecule has 2 fully saturated rings. The van der Waals surface area contributed by atoms with Crippen molar-refractivity contribution in [1.29, 1.82) is 0 Å². The first kappa shape index (κ1) is 9.45. The van der Waals surface area contributed by atoms with Crippen LogP contribution in [0.3, 0.4) is 0 Å². The SMILES string of the molecule is O=C1CN(C(=O)C2CCOC2)CCN1. The smallest absolute Gasteiger partial charge is 0.239 e. The molecule has 5 nitrogen and oxygen atoms in total. The average Bonchev–Trinajstić information content (AvgIpc) is 2.69. The zero-order chi connectivity index (χ0) is 9.97. The number of nitrogens with one attached hydrogen (secondary N) is 1. The van der Waals surface area contributed by atoms with Gasteiger partial charge in [-0.15, -0.1) is 0 Å². The van der Waals surface area contributed by atoms with Crippen LogP contribution in [0.1, 0.15) is 6.42 Å². The highest BCUT2D eigenvalue weighted by Gasteiger charge is 2.30. The minimum Gasteiger partial charge on any atom is -0.381 e. The standard InChI is InChI=1S/C9H14N2O3/c12-8-5-11(3-2-10-8)9(13)7-1-4-14-6-7/h7H,1-6H2,(H,10,12). The van der Waals surface area contributed by atoms with E-state index < -0.39 is 0 Å². The summed E-state index contributed by atoms with van der Waals surface area (Å²) in [5, 5.41) is 2.69. The average molecular weight is 198 g/mol. The van der Waals surface area contributed by atoms with Gasteiger partial charge >= 0.3 is 0 Å². The Hall–Kier alpha value is -1.10. The second-order valence-electron chi connectivity index (χ2n) is 3.67. The summed E-state index contributed by atoms with van der Waals surface area (Å²) in [6.07, 6.45) is 0.789. The van der Waals surface area contributed by atoms with Crippen molar-refractivity contribution in [3.05, 3.63) is 0 Å². The molecule has 78 valence electrons. The highest BCUT2D eigenvalue weighted by atomic mass is 16.5. The van der Waals surface area contributed by atoms with Crippen LogP contribution < -0.4 is 5.32 Å². The van der Waals surface area contributed by atoms with Gasteiger partial charge < -0.3 is 15.0 Å². The maximum atomic E-state index is 11.8. The van der Waals surface area contributed by atoms with Gasteiger partial charge in [0, 0.05) is 19.7 Å². The molecule has 0 aromatic heterocycles. The maximum absolute atomic E-state index is 11.8. The van der Waals surface area contributed by atoms with Gasteiger partial charge in [-0.1, -0.05) is 0 Å². The molecular weight excluding hydrogens is 184 g/mol. The molecule has 0 spiro atoms. The normalized spacial score (nSPS) is 27.6. The second kappa shape index (κ2) is 3.96. The van der Waals surface area contributed by atoms with E-state index in [1.807, 2.05) is 0 Å². The lowest BCUT2D eigenvalue weighted by Crippen LogP contribution is -2.51. The van der Waals surface area contributed by atoms with Crippen molar-refractivity contribution < 1.29 is 14.3 Å². The first-order valence-corrected chi connectivity index (χ1v) is 4.90. The fourth-order valence-corrected chi connectivity index (χ4v) is 1.81. The number of hydrogen-bond acceptors (Lipinski definition) is 3. The van der Waals surface area contributed by atoms with Crippen LogP contribution in [0.5, 0.6) is 0 Å². The van der Waals surface area contributed by atoms with Gasteiger partial charge in [0.25, 0.3) is 0 Å². The summed E-state index contributed by atoms with van der Waals surface area (Å²) >= 11 is 0. The Labute approximate surface area is 82.4 Å². The fourth-order valence-electron chi connectivity index (χ4n) is 1.81. The fraction of sp³-hybridized carbons (Fsp3) is 0.778. The molecule has 0 radical (unpaired) electrons. The van der Waals surface area contributed by atoms with E-state index >= 15 is 0 Å². The number of amides is 2. The maximum Gasteiger partial charge on any atom is 0.239 e. The molecule has 1 atom stereocenters. The number of rotatable bonds is 1. The summed E-state index contributed by atoms with van der Waals surface area (Å²) < 4.78 is 5.15. The lowest BCUT2D eigenvalue weighted by Gasteiger charge is -2.28. The molecule has 2 saturated heterocycles. The van der Waals surface area contributed by atoms with Gasteiger partial charge in [0.15, 0.2) is 0 Å². The van der Waals surface area contributed by atoms with Crippen molar-refractivity contribution >= 4 is 11.8 Å². The second-order valence-corrected chi connectivity index (χ2v) is 3.67. The quantitative estimate of drug-likeness (QED) is 0.587. The molecule has 14 heavy (non-hydrogen) atoms. The molecule has 0 saturated carbocycles. The lowest BCUT2D eigenvalue weighted by atomic mass is 10.1. The molecule has 5 heteroatoms. The summed E-state index contributed by atoms with van der Waals surface area (Å²) in [5.41, 5.74) is 0. The van der Waals surface area contributed by atoms with Crippen LogP contribution in [-0.4, -0.2) is 49.6 Å². The molecule has 0 aromatic carbocycles. The number of nitrogens with zero attached hydrogens (tertiary/aromatic N) is 1. The molecule has 0 bridgehead atoms. The summed E-state index contributed by atoms with van der Waals surface area (Å²) in [6.45, 7) is 2.57. The monoisotopic (exact) mass is 198 g/mol. The minimum atomic E-state index is -0.0662. The van der Waals surface area contributed by atoms with Gasteiger partial charge in [0.05, 0.1) is 19.1 Å². The zero-order valence-corrected chi connectivity index (χ0v) is 7.99. The van der Waals surface area contributed by atoms with Crippen molar-refractivity contribution in [2.24, 2.45) is 5.92 Å². The van der Waals surface area contributed by atoms with Crippen LogP contribution in [0, 0.1) is 5.92 Å². The van der Waals surface area contributed by atoms with Gasteiger partial charge in [0.1, 0.15) is 0 Å². The van der Waals surface area contributed by atoms with Gasteiger partial charge in [-0.25, -0.2) is 0 Å². The van der Waals surface area contributed by atoms with E-state index in [0.29, 0.717) is 26.3 Å². The Kier molecular flexibility index (Phi) is 2.67. The van der Waals surface area contributed by atoms with Gasteiger partial charge in [0.2, 0.25) is 11.8 Å². The van der Waals surface area contributed by atoms with Crippen molar-refractivity contribution in [2.45, 2.75) is 6.42 Å². The number of carbonyl (C=O) groups excluding carboxylic acids is 2. The Morgan fingerprint density at radius 3 is 3.07 bits per heavy atom. The van der Waals surface area contributed by atoms with E-state index in [4.69, 9.17) is 4.74 Å². The molecule has 2 aliphatic rings. The van der Waals surface area contributed by atoms with Crippen molar-refractivity contribution in [2.75, 3.05) is 32.8 Å². The molecule has 0 aliphatic carbocycles. The van der Waals surface area contributed by atoms with Crippen LogP contribution in [0.15, 0.2) is 0 Å². The summed E-state index contributed by atoms with van der Waals surface area (Å²) in [6, 6.07) is 0. The van der Waals surface area contributed by atoms with E-state index in [2.05, 4.69) is 5.32 Å². The first-order valence-electron chi connectivity index (χ1n) is 4.90. The predicted molar refractivity (Wildman–Crippen MR) is 48.5 cm³/mol. The third kappa shape index (κ3) is 1.87. The van der Waals surface area contributed by atoms with Gasteiger partial charge in [-0.2, -0.15) is 0 Å². The lowest BCUT2D eigenvalue weighted by molar-refractivity contribution is -0.141. The molecule has 2 amide bonds. The first-order chi connectivity index (χ1) is 6.77. The van der Waals surface area contributed by atoms with Gasteiger partial charge in [-0.05, 0) is 6.42 Å². The number of hydrogen-bond donors (Lipinski definition) is 1. The van der Waals surface area contributed by atoms with E-state index in [0.717, 1.165) is 6.42 Å². The van der Waals surface area contributed by atoms with Crippen LogP contribution in [0.2, 0.25) is 0 Å².